The van der Waals surface area contributed by atoms with Gasteiger partial charge >= 0.3 is 6.09 Å². The van der Waals surface area contributed by atoms with Crippen molar-refractivity contribution in [3.63, 3.8) is 0 Å². The smallest absolute Gasteiger partial charge is 0.416 e. The van der Waals surface area contributed by atoms with E-state index in [1.165, 1.54) is 10.5 Å². The van der Waals surface area contributed by atoms with Crippen LogP contribution in [0.4, 0.5) is 4.79 Å². The maximum Gasteiger partial charge on any atom is 0.416 e. The molecule has 160 valence electrons. The van der Waals surface area contributed by atoms with Crippen molar-refractivity contribution in [1.29, 1.82) is 0 Å². The fraction of sp³-hybridized carbons (Fsp3) is 0.308. The van der Waals surface area contributed by atoms with Crippen molar-refractivity contribution >= 4 is 22.8 Å². The predicted octanol–water partition coefficient (Wildman–Crippen LogP) is 5.01. The minimum Gasteiger partial charge on any atom is -0.496 e. The zero-order valence-corrected chi connectivity index (χ0v) is 17.9. The van der Waals surface area contributed by atoms with Crippen LogP contribution < -0.4 is 4.74 Å². The molecular formula is C26H27NO4. The van der Waals surface area contributed by atoms with Crippen molar-refractivity contribution in [3.05, 3.63) is 77.9 Å². The summed E-state index contributed by atoms with van der Waals surface area (Å²) in [7, 11) is 1.67. The molecule has 3 aromatic rings. The van der Waals surface area contributed by atoms with Crippen LogP contribution in [0.15, 0.2) is 66.7 Å². The number of methoxy groups -OCH3 is 1. The molecule has 4 rings (SSSR count). The molecule has 1 heterocycles. The van der Waals surface area contributed by atoms with E-state index in [4.69, 9.17) is 9.47 Å². The molecule has 0 bridgehead atoms. The van der Waals surface area contributed by atoms with Gasteiger partial charge in [0, 0.05) is 11.3 Å². The number of hydrogen-bond donors (Lipinski definition) is 0. The lowest BCUT2D eigenvalue weighted by atomic mass is 9.95. The van der Waals surface area contributed by atoms with Gasteiger partial charge in [-0.25, -0.2) is 9.69 Å². The Bertz CT molecular complexity index is 1080. The third-order valence-corrected chi connectivity index (χ3v) is 5.98. The Kier molecular flexibility index (Phi) is 6.21. The Morgan fingerprint density at radius 1 is 1.06 bits per heavy atom. The lowest BCUT2D eigenvalue weighted by molar-refractivity contribution is -0.133. The summed E-state index contributed by atoms with van der Waals surface area (Å²) in [5.41, 5.74) is 2.25. The standard InChI is InChI=1S/C26H27NO4/c1-18(12-13-20-14-15-24(30-2)23-11-7-6-10-22(20)23)25(28)27-21(17-31-26(27)29)16-19-8-4-3-5-9-19/h3-11,14-15,18,21H,12-13,16-17H2,1-2H3/t18-,21-/m0/s1. The Labute approximate surface area is 182 Å². The molecule has 1 fully saturated rings. The highest BCUT2D eigenvalue weighted by Crippen LogP contribution is 2.30. The number of cyclic esters (lactones) is 1. The minimum absolute atomic E-state index is 0.166. The highest BCUT2D eigenvalue weighted by molar-refractivity contribution is 5.95. The van der Waals surface area contributed by atoms with Crippen molar-refractivity contribution < 1.29 is 19.1 Å². The van der Waals surface area contributed by atoms with E-state index in [-0.39, 0.29) is 24.5 Å². The lowest BCUT2D eigenvalue weighted by Gasteiger charge is -2.23. The summed E-state index contributed by atoms with van der Waals surface area (Å²) in [4.78, 5) is 26.8. The quantitative estimate of drug-likeness (QED) is 0.542. The number of imide groups is 1. The summed E-state index contributed by atoms with van der Waals surface area (Å²) in [5.74, 6) is 0.387. The number of hydrogen-bond acceptors (Lipinski definition) is 4. The number of nitrogens with zero attached hydrogens (tertiary/aromatic N) is 1. The molecule has 0 spiro atoms. The second-order valence-corrected chi connectivity index (χ2v) is 8.04. The maximum absolute atomic E-state index is 13.1. The number of carbonyl (C=O) groups is 2. The van der Waals surface area contributed by atoms with Crippen molar-refractivity contribution in [2.24, 2.45) is 5.92 Å². The van der Waals surface area contributed by atoms with Crippen LogP contribution in [0.2, 0.25) is 0 Å². The maximum atomic E-state index is 13.1. The number of ether oxygens (including phenoxy) is 2. The fourth-order valence-electron chi connectivity index (χ4n) is 4.23. The van der Waals surface area contributed by atoms with Gasteiger partial charge in [-0.1, -0.05) is 67.6 Å². The van der Waals surface area contributed by atoms with Crippen LogP contribution in [0.3, 0.4) is 0 Å². The summed E-state index contributed by atoms with van der Waals surface area (Å²) >= 11 is 0. The molecule has 0 N–H and O–H groups in total. The van der Waals surface area contributed by atoms with Crippen LogP contribution in [-0.4, -0.2) is 36.7 Å². The molecule has 5 nitrogen and oxygen atoms in total. The topological polar surface area (TPSA) is 55.8 Å². The van der Waals surface area contributed by atoms with Crippen LogP contribution >= 0.6 is 0 Å². The van der Waals surface area contributed by atoms with Crippen LogP contribution in [0.1, 0.15) is 24.5 Å². The van der Waals surface area contributed by atoms with Crippen molar-refractivity contribution in [2.75, 3.05) is 13.7 Å². The zero-order chi connectivity index (χ0) is 21.8. The van der Waals surface area contributed by atoms with E-state index in [0.29, 0.717) is 12.8 Å². The number of benzene rings is 3. The van der Waals surface area contributed by atoms with Gasteiger partial charge < -0.3 is 9.47 Å². The Balaban J connectivity index is 1.46. The number of amides is 2. The molecule has 0 radical (unpaired) electrons. The van der Waals surface area contributed by atoms with Gasteiger partial charge in [0.25, 0.3) is 0 Å². The highest BCUT2D eigenvalue weighted by atomic mass is 16.6. The molecule has 3 aromatic carbocycles. The monoisotopic (exact) mass is 417 g/mol. The molecule has 0 aromatic heterocycles. The van der Waals surface area contributed by atoms with E-state index < -0.39 is 6.09 Å². The molecule has 1 aliphatic rings. The second kappa shape index (κ2) is 9.21. The van der Waals surface area contributed by atoms with Crippen LogP contribution in [-0.2, 0) is 22.4 Å². The first-order valence-electron chi connectivity index (χ1n) is 10.7. The molecule has 0 unspecified atom stereocenters. The average molecular weight is 418 g/mol. The molecule has 0 aliphatic carbocycles. The summed E-state index contributed by atoms with van der Waals surface area (Å²) in [6, 6.07) is 21.8. The summed E-state index contributed by atoms with van der Waals surface area (Å²) in [6.07, 6.45) is 1.46. The number of carbonyl (C=O) groups excluding carboxylic acids is 2. The first-order chi connectivity index (χ1) is 15.1. The van der Waals surface area contributed by atoms with E-state index in [0.717, 1.165) is 28.5 Å². The Hall–Kier alpha value is -3.34. The first kappa shape index (κ1) is 20.9. The molecule has 2 atom stereocenters. The Morgan fingerprint density at radius 3 is 2.52 bits per heavy atom. The highest BCUT2D eigenvalue weighted by Gasteiger charge is 2.39. The van der Waals surface area contributed by atoms with E-state index in [2.05, 4.69) is 12.1 Å². The molecule has 31 heavy (non-hydrogen) atoms. The number of rotatable bonds is 7. The van der Waals surface area contributed by atoms with Crippen molar-refractivity contribution in [3.8, 4) is 5.75 Å². The van der Waals surface area contributed by atoms with Gasteiger partial charge in [0.2, 0.25) is 5.91 Å². The average Bonchev–Trinajstić information content (AvgIpc) is 3.17. The molecule has 5 heteroatoms. The summed E-state index contributed by atoms with van der Waals surface area (Å²) in [5, 5.41) is 2.19. The minimum atomic E-state index is -0.535. The fourth-order valence-corrected chi connectivity index (χ4v) is 4.23. The first-order valence-corrected chi connectivity index (χ1v) is 10.7. The van der Waals surface area contributed by atoms with Gasteiger partial charge in [-0.05, 0) is 41.8 Å². The predicted molar refractivity (Wildman–Crippen MR) is 120 cm³/mol. The lowest BCUT2D eigenvalue weighted by Crippen LogP contribution is -2.43. The van der Waals surface area contributed by atoms with Gasteiger partial charge in [0.1, 0.15) is 12.4 Å². The molecular weight excluding hydrogens is 390 g/mol. The summed E-state index contributed by atoms with van der Waals surface area (Å²) < 4.78 is 10.7. The van der Waals surface area contributed by atoms with E-state index in [1.54, 1.807) is 7.11 Å². The van der Waals surface area contributed by atoms with Crippen molar-refractivity contribution in [2.45, 2.75) is 32.2 Å². The third-order valence-electron chi connectivity index (χ3n) is 5.98. The zero-order valence-electron chi connectivity index (χ0n) is 17.9. The van der Waals surface area contributed by atoms with E-state index >= 15 is 0 Å². The second-order valence-electron chi connectivity index (χ2n) is 8.04. The molecule has 1 aliphatic heterocycles. The molecule has 0 saturated carbocycles. The van der Waals surface area contributed by atoms with E-state index in [1.807, 2.05) is 61.5 Å². The number of fused-ring (bicyclic) bond motifs is 1. The SMILES string of the molecule is COc1ccc(CC[C@H](C)C(=O)N2C(=O)OC[C@@H]2Cc2ccccc2)c2ccccc12. The summed E-state index contributed by atoms with van der Waals surface area (Å²) in [6.45, 7) is 2.13. The van der Waals surface area contributed by atoms with Gasteiger partial charge in [-0.2, -0.15) is 0 Å². The van der Waals surface area contributed by atoms with Gasteiger partial charge in [0.05, 0.1) is 13.2 Å². The number of aryl methyl sites for hydroxylation is 1. The normalized spacial score (nSPS) is 16.9. The third kappa shape index (κ3) is 4.41. The Morgan fingerprint density at radius 2 is 1.77 bits per heavy atom. The molecule has 1 saturated heterocycles. The van der Waals surface area contributed by atoms with Crippen molar-refractivity contribution in [1.82, 2.24) is 4.90 Å². The van der Waals surface area contributed by atoms with Gasteiger partial charge in [-0.3, -0.25) is 4.79 Å². The largest absolute Gasteiger partial charge is 0.496 e. The van der Waals surface area contributed by atoms with Crippen LogP contribution in [0.5, 0.6) is 5.75 Å². The van der Waals surface area contributed by atoms with Crippen LogP contribution in [0.25, 0.3) is 10.8 Å². The van der Waals surface area contributed by atoms with Gasteiger partial charge in [-0.15, -0.1) is 0 Å². The van der Waals surface area contributed by atoms with E-state index in [9.17, 15) is 9.59 Å². The molecule has 2 amide bonds. The van der Waals surface area contributed by atoms with Crippen LogP contribution in [0, 0.1) is 5.92 Å². The van der Waals surface area contributed by atoms with Gasteiger partial charge in [0.15, 0.2) is 0 Å².